The predicted molar refractivity (Wildman–Crippen MR) is 117 cm³/mol. The van der Waals surface area contributed by atoms with E-state index in [1.807, 2.05) is 6.92 Å². The molecule has 6 nitrogen and oxygen atoms in total. The lowest BCUT2D eigenvalue weighted by Gasteiger charge is -2.12. The second-order valence-electron chi connectivity index (χ2n) is 5.94. The highest BCUT2D eigenvalue weighted by Crippen LogP contribution is 2.34. The van der Waals surface area contributed by atoms with Crippen molar-refractivity contribution in [1.29, 1.82) is 0 Å². The standard InChI is InChI=1S/C20H18Cl2N2O4S/c1-3-4-5-6-18(25)23-14-11-16(21)19(17(22)12-14)24-20(26)13-7-9-15(10-8-13)29(2,27)28/h3-12H,1-2H3,(H,23,25)(H,24,26)/b4-3+,6-5+. The van der Waals surface area contributed by atoms with Gasteiger partial charge in [-0.15, -0.1) is 0 Å². The number of benzene rings is 2. The molecule has 0 radical (unpaired) electrons. The first kappa shape index (κ1) is 22.7. The van der Waals surface area contributed by atoms with Gasteiger partial charge in [-0.1, -0.05) is 41.4 Å². The van der Waals surface area contributed by atoms with E-state index in [0.717, 1.165) is 6.26 Å². The van der Waals surface area contributed by atoms with Crippen molar-refractivity contribution in [2.75, 3.05) is 16.9 Å². The van der Waals surface area contributed by atoms with E-state index in [1.165, 1.54) is 42.5 Å². The number of sulfone groups is 1. The van der Waals surface area contributed by atoms with E-state index in [2.05, 4.69) is 10.6 Å². The lowest BCUT2D eigenvalue weighted by atomic mass is 10.2. The van der Waals surface area contributed by atoms with Gasteiger partial charge in [-0.25, -0.2) is 8.42 Å². The van der Waals surface area contributed by atoms with Crippen LogP contribution in [0.25, 0.3) is 0 Å². The molecule has 9 heteroatoms. The van der Waals surface area contributed by atoms with Crippen LogP contribution in [-0.4, -0.2) is 26.5 Å². The van der Waals surface area contributed by atoms with E-state index in [-0.39, 0.29) is 32.1 Å². The van der Waals surface area contributed by atoms with Gasteiger partial charge in [0.25, 0.3) is 5.91 Å². The van der Waals surface area contributed by atoms with Gasteiger partial charge in [-0.3, -0.25) is 9.59 Å². The number of rotatable bonds is 6. The Hall–Kier alpha value is -2.61. The van der Waals surface area contributed by atoms with Crippen molar-refractivity contribution < 1.29 is 18.0 Å². The van der Waals surface area contributed by atoms with Crippen molar-refractivity contribution in [3.05, 3.63) is 76.3 Å². The Kier molecular flexibility index (Phi) is 7.61. The van der Waals surface area contributed by atoms with Crippen molar-refractivity contribution in [1.82, 2.24) is 0 Å². The molecule has 0 aliphatic rings. The number of carbonyl (C=O) groups excluding carboxylic acids is 2. The van der Waals surface area contributed by atoms with Crippen molar-refractivity contribution >= 4 is 56.2 Å². The highest BCUT2D eigenvalue weighted by molar-refractivity contribution is 7.90. The fraction of sp³-hybridized carbons (Fsp3) is 0.100. The molecule has 2 N–H and O–H groups in total. The normalized spacial score (nSPS) is 11.7. The monoisotopic (exact) mass is 452 g/mol. The SMILES string of the molecule is C/C=C/C=C/C(=O)Nc1cc(Cl)c(NC(=O)c2ccc(S(C)(=O)=O)cc2)c(Cl)c1. The third-order valence-electron chi connectivity index (χ3n) is 3.64. The smallest absolute Gasteiger partial charge is 0.255 e. The molecule has 2 rings (SSSR count). The molecule has 152 valence electrons. The zero-order chi connectivity index (χ0) is 21.6. The first-order chi connectivity index (χ1) is 13.6. The maximum atomic E-state index is 12.4. The molecule has 29 heavy (non-hydrogen) atoms. The molecule has 0 aliphatic heterocycles. The number of allylic oxidation sites excluding steroid dienone is 3. The number of hydrogen-bond acceptors (Lipinski definition) is 4. The summed E-state index contributed by atoms with van der Waals surface area (Å²) in [6, 6.07) is 8.37. The number of nitrogens with one attached hydrogen (secondary N) is 2. The van der Waals surface area contributed by atoms with Crippen molar-refractivity contribution in [2.24, 2.45) is 0 Å². The van der Waals surface area contributed by atoms with Crippen LogP contribution in [0, 0.1) is 0 Å². The lowest BCUT2D eigenvalue weighted by molar-refractivity contribution is -0.111. The maximum Gasteiger partial charge on any atom is 0.255 e. The van der Waals surface area contributed by atoms with Gasteiger partial charge in [0.1, 0.15) is 0 Å². The summed E-state index contributed by atoms with van der Waals surface area (Å²) in [5.41, 5.74) is 0.773. The zero-order valence-electron chi connectivity index (χ0n) is 15.6. The summed E-state index contributed by atoms with van der Waals surface area (Å²) in [4.78, 5) is 24.4. The van der Waals surface area contributed by atoms with Gasteiger partial charge in [0, 0.05) is 23.6 Å². The summed E-state index contributed by atoms with van der Waals surface area (Å²) in [6.07, 6.45) is 7.50. The van der Waals surface area contributed by atoms with Crippen LogP contribution in [0.3, 0.4) is 0 Å². The number of hydrogen-bond donors (Lipinski definition) is 2. The second-order valence-corrected chi connectivity index (χ2v) is 8.77. The minimum atomic E-state index is -3.36. The van der Waals surface area contributed by atoms with Crippen LogP contribution >= 0.6 is 23.2 Å². The van der Waals surface area contributed by atoms with E-state index < -0.39 is 15.7 Å². The highest BCUT2D eigenvalue weighted by atomic mass is 35.5. The van der Waals surface area contributed by atoms with Gasteiger partial charge in [0.15, 0.2) is 9.84 Å². The molecule has 0 heterocycles. The summed E-state index contributed by atoms with van der Waals surface area (Å²) in [6.45, 7) is 1.83. The summed E-state index contributed by atoms with van der Waals surface area (Å²) < 4.78 is 23.0. The van der Waals surface area contributed by atoms with E-state index in [4.69, 9.17) is 23.2 Å². The van der Waals surface area contributed by atoms with Crippen LogP contribution in [-0.2, 0) is 14.6 Å². The Balaban J connectivity index is 2.17. The van der Waals surface area contributed by atoms with Crippen molar-refractivity contribution in [2.45, 2.75) is 11.8 Å². The molecule has 0 fully saturated rings. The Labute approximate surface area is 179 Å². The molecule has 0 aliphatic carbocycles. The number of carbonyl (C=O) groups is 2. The Morgan fingerprint density at radius 2 is 1.55 bits per heavy atom. The van der Waals surface area contributed by atoms with Gasteiger partial charge in [0.05, 0.1) is 20.6 Å². The Morgan fingerprint density at radius 1 is 0.966 bits per heavy atom. The van der Waals surface area contributed by atoms with Gasteiger partial charge < -0.3 is 10.6 Å². The summed E-state index contributed by atoms with van der Waals surface area (Å²) in [7, 11) is -3.36. The molecule has 0 spiro atoms. The van der Waals surface area contributed by atoms with Crippen LogP contribution in [0.1, 0.15) is 17.3 Å². The molecular weight excluding hydrogens is 435 g/mol. The Bertz CT molecular complexity index is 1070. The molecular formula is C20H18Cl2N2O4S. The molecule has 0 bridgehead atoms. The summed E-state index contributed by atoms with van der Waals surface area (Å²) in [5.74, 6) is -0.877. The topological polar surface area (TPSA) is 92.3 Å². The second kappa shape index (κ2) is 9.73. The minimum absolute atomic E-state index is 0.105. The Morgan fingerprint density at radius 3 is 2.07 bits per heavy atom. The van der Waals surface area contributed by atoms with Gasteiger partial charge in [-0.2, -0.15) is 0 Å². The molecule has 0 unspecified atom stereocenters. The van der Waals surface area contributed by atoms with E-state index in [0.29, 0.717) is 5.69 Å². The predicted octanol–water partition coefficient (Wildman–Crippen LogP) is 4.72. The maximum absolute atomic E-state index is 12.4. The fourth-order valence-corrected chi connectivity index (χ4v) is 3.45. The zero-order valence-corrected chi connectivity index (χ0v) is 17.9. The molecule has 0 aromatic heterocycles. The van der Waals surface area contributed by atoms with E-state index in [1.54, 1.807) is 18.2 Å². The largest absolute Gasteiger partial charge is 0.322 e. The van der Waals surface area contributed by atoms with Crippen LogP contribution in [0.4, 0.5) is 11.4 Å². The highest BCUT2D eigenvalue weighted by Gasteiger charge is 2.15. The van der Waals surface area contributed by atoms with Crippen LogP contribution in [0.2, 0.25) is 10.0 Å². The van der Waals surface area contributed by atoms with Gasteiger partial charge in [-0.05, 0) is 43.3 Å². The molecule has 0 saturated heterocycles. The third kappa shape index (κ3) is 6.45. The molecule has 2 aromatic carbocycles. The van der Waals surface area contributed by atoms with Crippen LogP contribution in [0.5, 0.6) is 0 Å². The fourth-order valence-electron chi connectivity index (χ4n) is 2.24. The molecule has 0 atom stereocenters. The number of amides is 2. The lowest BCUT2D eigenvalue weighted by Crippen LogP contribution is -2.13. The van der Waals surface area contributed by atoms with E-state index >= 15 is 0 Å². The molecule has 0 saturated carbocycles. The first-order valence-electron chi connectivity index (χ1n) is 8.32. The summed E-state index contributed by atoms with van der Waals surface area (Å²) >= 11 is 12.4. The van der Waals surface area contributed by atoms with Crippen LogP contribution in [0.15, 0.2) is 65.6 Å². The van der Waals surface area contributed by atoms with Gasteiger partial charge in [0.2, 0.25) is 5.91 Å². The van der Waals surface area contributed by atoms with Crippen molar-refractivity contribution in [3.8, 4) is 0 Å². The van der Waals surface area contributed by atoms with E-state index in [9.17, 15) is 18.0 Å². The number of halogens is 2. The van der Waals surface area contributed by atoms with Gasteiger partial charge >= 0.3 is 0 Å². The third-order valence-corrected chi connectivity index (χ3v) is 5.37. The van der Waals surface area contributed by atoms with Crippen molar-refractivity contribution in [3.63, 3.8) is 0 Å². The quantitative estimate of drug-likeness (QED) is 0.489. The first-order valence-corrected chi connectivity index (χ1v) is 11.0. The number of anilines is 2. The average Bonchev–Trinajstić information content (AvgIpc) is 2.64. The van der Waals surface area contributed by atoms with Crippen LogP contribution < -0.4 is 10.6 Å². The minimum Gasteiger partial charge on any atom is -0.322 e. The molecule has 2 aromatic rings. The summed E-state index contributed by atoms with van der Waals surface area (Å²) in [5, 5.41) is 5.47. The molecule has 2 amide bonds. The average molecular weight is 453 g/mol.